The normalized spacial score (nSPS) is 28.7. The number of rotatable bonds is 4. The van der Waals surface area contributed by atoms with Gasteiger partial charge in [-0.15, -0.1) is 0 Å². The molecule has 2 fully saturated rings. The van der Waals surface area contributed by atoms with Gasteiger partial charge in [-0.3, -0.25) is 14.5 Å². The van der Waals surface area contributed by atoms with Crippen molar-refractivity contribution >= 4 is 17.5 Å². The largest absolute Gasteiger partial charge is 0.373 e. The van der Waals surface area contributed by atoms with E-state index in [0.717, 1.165) is 56.4 Å². The van der Waals surface area contributed by atoms with Crippen molar-refractivity contribution < 1.29 is 14.0 Å². The number of hydrogen-bond acceptors (Lipinski definition) is 4. The topological polar surface area (TPSA) is 64.7 Å². The van der Waals surface area contributed by atoms with E-state index in [1.54, 1.807) is 13.0 Å². The Bertz CT molecular complexity index is 799. The third kappa shape index (κ3) is 4.17. The zero-order chi connectivity index (χ0) is 21.4. The van der Waals surface area contributed by atoms with Gasteiger partial charge in [-0.1, -0.05) is 6.07 Å². The maximum atomic E-state index is 14.1. The highest BCUT2D eigenvalue weighted by Gasteiger charge is 2.36. The Morgan fingerprint density at radius 3 is 2.80 bits per heavy atom. The van der Waals surface area contributed by atoms with Crippen molar-refractivity contribution in [3.05, 3.63) is 29.1 Å². The van der Waals surface area contributed by atoms with E-state index in [-0.39, 0.29) is 29.7 Å². The Kier molecular flexibility index (Phi) is 6.00. The molecular weight excluding hydrogens is 383 g/mol. The number of benzene rings is 1. The zero-order valence-corrected chi connectivity index (χ0v) is 18.2. The van der Waals surface area contributed by atoms with Crippen LogP contribution in [0.4, 0.5) is 10.1 Å². The van der Waals surface area contributed by atoms with Crippen molar-refractivity contribution in [3.63, 3.8) is 0 Å². The van der Waals surface area contributed by atoms with Gasteiger partial charge < -0.3 is 15.5 Å². The lowest BCUT2D eigenvalue weighted by molar-refractivity contribution is -0.129. The molecule has 2 amide bonds. The molecule has 2 heterocycles. The molecule has 7 heteroatoms. The van der Waals surface area contributed by atoms with E-state index < -0.39 is 6.04 Å². The van der Waals surface area contributed by atoms with Crippen LogP contribution in [-0.2, 0) is 16.0 Å². The van der Waals surface area contributed by atoms with Gasteiger partial charge in [0, 0.05) is 62.9 Å². The minimum Gasteiger partial charge on any atom is -0.373 e. The number of anilines is 1. The predicted octanol–water partition coefficient (Wildman–Crippen LogP) is 2.45. The number of likely N-dealkylation sites (N-methyl/N-ethyl adjacent to an activating group) is 1. The Labute approximate surface area is 178 Å². The van der Waals surface area contributed by atoms with Gasteiger partial charge in [-0.05, 0) is 50.7 Å². The fraction of sp³-hybridized carbons (Fsp3) is 0.652. The molecule has 0 radical (unpaired) electrons. The number of carbonyl (C=O) groups is 2. The molecule has 0 bridgehead atoms. The van der Waals surface area contributed by atoms with Crippen molar-refractivity contribution in [2.75, 3.05) is 25.5 Å². The number of likely N-dealkylation sites (tertiary alicyclic amines) is 1. The second-order valence-corrected chi connectivity index (χ2v) is 9.21. The lowest BCUT2D eigenvalue weighted by Crippen LogP contribution is -2.49. The van der Waals surface area contributed by atoms with Crippen LogP contribution in [0.3, 0.4) is 0 Å². The van der Waals surface area contributed by atoms with Crippen molar-refractivity contribution in [3.8, 4) is 0 Å². The lowest BCUT2D eigenvalue weighted by atomic mass is 9.89. The predicted molar refractivity (Wildman–Crippen MR) is 115 cm³/mol. The minimum atomic E-state index is -0.406. The van der Waals surface area contributed by atoms with Crippen LogP contribution in [0.15, 0.2) is 12.1 Å². The van der Waals surface area contributed by atoms with Crippen LogP contribution in [0, 0.1) is 12.7 Å². The molecule has 30 heavy (non-hydrogen) atoms. The van der Waals surface area contributed by atoms with Crippen molar-refractivity contribution in [1.82, 2.24) is 15.1 Å². The Morgan fingerprint density at radius 1 is 1.27 bits per heavy atom. The van der Waals surface area contributed by atoms with Gasteiger partial charge in [0.15, 0.2) is 0 Å². The van der Waals surface area contributed by atoms with E-state index in [9.17, 15) is 14.0 Å². The van der Waals surface area contributed by atoms with E-state index in [1.807, 2.05) is 18.9 Å². The smallest absolute Gasteiger partial charge is 0.243 e. The molecule has 1 aromatic carbocycles. The molecule has 1 aromatic rings. The van der Waals surface area contributed by atoms with Gasteiger partial charge in [0.05, 0.1) is 0 Å². The Morgan fingerprint density at radius 2 is 2.07 bits per heavy atom. The van der Waals surface area contributed by atoms with Crippen LogP contribution in [-0.4, -0.2) is 65.9 Å². The van der Waals surface area contributed by atoms with Gasteiger partial charge in [0.25, 0.3) is 0 Å². The summed E-state index contributed by atoms with van der Waals surface area (Å²) in [6.45, 7) is 5.48. The SMILES string of the molecule is CC(=O)N(C)C1CCN([C@H]2CCC[C@@H](NC(=O)C3Cc4c(F)ccc(C)c4N3)C2)C1. The second-order valence-electron chi connectivity index (χ2n) is 9.21. The first-order valence-corrected chi connectivity index (χ1v) is 11.2. The zero-order valence-electron chi connectivity index (χ0n) is 18.2. The summed E-state index contributed by atoms with van der Waals surface area (Å²) in [7, 11) is 1.89. The first-order chi connectivity index (χ1) is 14.3. The molecular formula is C23H33FN4O2. The number of nitrogens with zero attached hydrogens (tertiary/aromatic N) is 2. The molecule has 2 N–H and O–H groups in total. The molecule has 0 aromatic heterocycles. The maximum absolute atomic E-state index is 14.1. The molecule has 1 saturated carbocycles. The summed E-state index contributed by atoms with van der Waals surface area (Å²) in [5, 5.41) is 6.45. The summed E-state index contributed by atoms with van der Waals surface area (Å²) in [5.74, 6) is -0.158. The third-order valence-corrected chi connectivity index (χ3v) is 7.26. The molecule has 2 unspecified atom stereocenters. The summed E-state index contributed by atoms with van der Waals surface area (Å²) in [6, 6.07) is 3.71. The fourth-order valence-corrected chi connectivity index (χ4v) is 5.33. The van der Waals surface area contributed by atoms with Gasteiger partial charge in [0.2, 0.25) is 11.8 Å². The average molecular weight is 417 g/mol. The van der Waals surface area contributed by atoms with Crippen LogP contribution in [0.1, 0.15) is 50.2 Å². The summed E-state index contributed by atoms with van der Waals surface area (Å²) in [4.78, 5) is 28.9. The van der Waals surface area contributed by atoms with Crippen LogP contribution >= 0.6 is 0 Å². The molecule has 4 rings (SSSR count). The average Bonchev–Trinajstić information content (AvgIpc) is 3.39. The van der Waals surface area contributed by atoms with E-state index in [2.05, 4.69) is 15.5 Å². The first kappa shape index (κ1) is 21.1. The van der Waals surface area contributed by atoms with E-state index in [4.69, 9.17) is 0 Å². The fourth-order valence-electron chi connectivity index (χ4n) is 5.33. The monoisotopic (exact) mass is 416 g/mol. The molecule has 3 aliphatic rings. The highest BCUT2D eigenvalue weighted by molar-refractivity contribution is 5.88. The van der Waals surface area contributed by atoms with Crippen molar-refractivity contribution in [2.24, 2.45) is 0 Å². The summed E-state index contributed by atoms with van der Waals surface area (Å²) in [6.07, 6.45) is 5.57. The lowest BCUT2D eigenvalue weighted by Gasteiger charge is -2.36. The number of aryl methyl sites for hydroxylation is 1. The highest BCUT2D eigenvalue weighted by Crippen LogP contribution is 2.32. The molecule has 164 valence electrons. The van der Waals surface area contributed by atoms with Gasteiger partial charge in [0.1, 0.15) is 11.9 Å². The number of nitrogens with one attached hydrogen (secondary N) is 2. The summed E-state index contributed by atoms with van der Waals surface area (Å²) < 4.78 is 14.1. The van der Waals surface area contributed by atoms with E-state index in [0.29, 0.717) is 18.0 Å². The molecule has 1 saturated heterocycles. The molecule has 1 aliphatic carbocycles. The van der Waals surface area contributed by atoms with Crippen LogP contribution in [0.5, 0.6) is 0 Å². The molecule has 4 atom stereocenters. The first-order valence-electron chi connectivity index (χ1n) is 11.2. The summed E-state index contributed by atoms with van der Waals surface area (Å²) >= 11 is 0. The number of halogens is 1. The van der Waals surface area contributed by atoms with E-state index >= 15 is 0 Å². The standard InChI is InChI=1S/C23H33FN4O2/c1-14-7-8-20(24)19-12-21(26-22(14)19)23(30)25-16-5-4-6-17(11-16)28-10-9-18(13-28)27(3)15(2)29/h7-8,16-18,21,26H,4-6,9-13H2,1-3H3,(H,25,30)/t16-,17+,18?,21?/m1/s1. The molecule has 6 nitrogen and oxygen atoms in total. The third-order valence-electron chi connectivity index (χ3n) is 7.26. The second kappa shape index (κ2) is 8.53. The van der Waals surface area contributed by atoms with Gasteiger partial charge in [-0.2, -0.15) is 0 Å². The molecule has 0 spiro atoms. The van der Waals surface area contributed by atoms with Gasteiger partial charge >= 0.3 is 0 Å². The van der Waals surface area contributed by atoms with E-state index in [1.165, 1.54) is 6.07 Å². The Balaban J connectivity index is 1.32. The van der Waals surface area contributed by atoms with Crippen LogP contribution < -0.4 is 10.6 Å². The number of amides is 2. The minimum absolute atomic E-state index is 0.0359. The number of fused-ring (bicyclic) bond motifs is 1. The van der Waals surface area contributed by atoms with Crippen LogP contribution in [0.2, 0.25) is 0 Å². The highest BCUT2D eigenvalue weighted by atomic mass is 19.1. The molecule has 2 aliphatic heterocycles. The number of carbonyl (C=O) groups excluding carboxylic acids is 2. The number of hydrogen-bond donors (Lipinski definition) is 2. The maximum Gasteiger partial charge on any atom is 0.243 e. The van der Waals surface area contributed by atoms with Crippen LogP contribution in [0.25, 0.3) is 0 Å². The quantitative estimate of drug-likeness (QED) is 0.792. The Hall–Kier alpha value is -2.15. The summed E-state index contributed by atoms with van der Waals surface area (Å²) in [5.41, 5.74) is 2.36. The van der Waals surface area contributed by atoms with Crippen molar-refractivity contribution in [1.29, 1.82) is 0 Å². The van der Waals surface area contributed by atoms with Crippen molar-refractivity contribution in [2.45, 2.75) is 76.5 Å². The van der Waals surface area contributed by atoms with Gasteiger partial charge in [-0.25, -0.2) is 4.39 Å².